The first-order valence-electron chi connectivity index (χ1n) is 6.61. The summed E-state index contributed by atoms with van der Waals surface area (Å²) in [5.41, 5.74) is 8.98. The van der Waals surface area contributed by atoms with Gasteiger partial charge in [0.25, 0.3) is 0 Å². The molecule has 0 aliphatic heterocycles. The van der Waals surface area contributed by atoms with Crippen LogP contribution in [0.1, 0.15) is 29.2 Å². The molecule has 2 aromatic rings. The maximum Gasteiger partial charge on any atom is 0.122 e. The van der Waals surface area contributed by atoms with Crippen LogP contribution in [0.3, 0.4) is 0 Å². The lowest BCUT2D eigenvalue weighted by Crippen LogP contribution is -2.25. The first-order chi connectivity index (χ1) is 9.37. The zero-order chi connectivity index (χ0) is 14.9. The summed E-state index contributed by atoms with van der Waals surface area (Å²) >= 11 is 0. The highest BCUT2D eigenvalue weighted by Crippen LogP contribution is 2.36. The van der Waals surface area contributed by atoms with Crippen molar-refractivity contribution in [2.45, 2.75) is 26.4 Å². The normalized spacial score (nSPS) is 13.8. The molecule has 3 heteroatoms. The third-order valence-corrected chi connectivity index (χ3v) is 3.75. The molecule has 0 saturated heterocycles. The van der Waals surface area contributed by atoms with E-state index in [4.69, 9.17) is 10.5 Å². The first kappa shape index (κ1) is 14.4. The van der Waals surface area contributed by atoms with Crippen LogP contribution in [0.5, 0.6) is 5.75 Å². The molecule has 1 atom stereocenters. The smallest absolute Gasteiger partial charge is 0.122 e. The molecule has 0 aromatic heterocycles. The van der Waals surface area contributed by atoms with Crippen molar-refractivity contribution < 1.29 is 9.84 Å². The predicted octanol–water partition coefficient (Wildman–Crippen LogP) is 3.15. The fourth-order valence-electron chi connectivity index (χ4n) is 2.62. The summed E-state index contributed by atoms with van der Waals surface area (Å²) in [5.74, 6) is 0.822. The van der Waals surface area contributed by atoms with E-state index in [2.05, 4.69) is 0 Å². The van der Waals surface area contributed by atoms with Crippen LogP contribution in [0.2, 0.25) is 0 Å². The summed E-state index contributed by atoms with van der Waals surface area (Å²) in [7, 11) is 1.65. The van der Waals surface area contributed by atoms with Crippen LogP contribution in [0.4, 0.5) is 5.69 Å². The number of aliphatic hydroxyl groups is 1. The monoisotopic (exact) mass is 271 g/mol. The van der Waals surface area contributed by atoms with E-state index in [-0.39, 0.29) is 0 Å². The number of anilines is 1. The van der Waals surface area contributed by atoms with Crippen LogP contribution in [0.25, 0.3) is 0 Å². The fourth-order valence-corrected chi connectivity index (χ4v) is 2.62. The van der Waals surface area contributed by atoms with E-state index in [1.54, 1.807) is 20.1 Å². The van der Waals surface area contributed by atoms with Crippen LogP contribution in [-0.2, 0) is 5.60 Å². The molecule has 3 nitrogen and oxygen atoms in total. The van der Waals surface area contributed by atoms with E-state index >= 15 is 0 Å². The van der Waals surface area contributed by atoms with Gasteiger partial charge in [0.2, 0.25) is 0 Å². The molecule has 0 heterocycles. The Morgan fingerprint density at radius 1 is 1.05 bits per heavy atom. The zero-order valence-corrected chi connectivity index (χ0v) is 12.4. The van der Waals surface area contributed by atoms with Gasteiger partial charge in [-0.15, -0.1) is 0 Å². The summed E-state index contributed by atoms with van der Waals surface area (Å²) in [6.45, 7) is 5.70. The Labute approximate surface area is 120 Å². The van der Waals surface area contributed by atoms with Crippen molar-refractivity contribution in [3.63, 3.8) is 0 Å². The Kier molecular flexibility index (Phi) is 3.73. The van der Waals surface area contributed by atoms with E-state index in [0.29, 0.717) is 11.3 Å². The van der Waals surface area contributed by atoms with Crippen molar-refractivity contribution >= 4 is 5.69 Å². The maximum atomic E-state index is 11.0. The van der Waals surface area contributed by atoms with Gasteiger partial charge >= 0.3 is 0 Å². The molecule has 2 aromatic carbocycles. The lowest BCUT2D eigenvalue weighted by Gasteiger charge is -2.28. The largest absolute Gasteiger partial charge is 0.496 e. The molecule has 0 amide bonds. The van der Waals surface area contributed by atoms with Gasteiger partial charge in [-0.2, -0.15) is 0 Å². The molecule has 0 bridgehead atoms. The van der Waals surface area contributed by atoms with Gasteiger partial charge in [-0.25, -0.2) is 0 Å². The number of ether oxygens (including phenoxy) is 1. The van der Waals surface area contributed by atoms with Gasteiger partial charge in [-0.3, -0.25) is 0 Å². The number of methoxy groups -OCH3 is 1. The average Bonchev–Trinajstić information content (AvgIpc) is 2.41. The van der Waals surface area contributed by atoms with Crippen molar-refractivity contribution in [3.8, 4) is 5.75 Å². The first-order valence-corrected chi connectivity index (χ1v) is 6.61. The highest BCUT2D eigenvalue weighted by molar-refractivity contribution is 5.55. The number of aryl methyl sites for hydroxylation is 2. The zero-order valence-electron chi connectivity index (χ0n) is 12.4. The van der Waals surface area contributed by atoms with E-state index in [0.717, 1.165) is 22.4 Å². The number of benzene rings is 2. The molecule has 0 aliphatic rings. The van der Waals surface area contributed by atoms with E-state index in [1.165, 1.54) is 0 Å². The van der Waals surface area contributed by atoms with Crippen molar-refractivity contribution in [2.75, 3.05) is 12.8 Å². The molecule has 1 unspecified atom stereocenters. The van der Waals surface area contributed by atoms with E-state index < -0.39 is 5.60 Å². The second-order valence-corrected chi connectivity index (χ2v) is 5.30. The van der Waals surface area contributed by atoms with Crippen LogP contribution >= 0.6 is 0 Å². The lowest BCUT2D eigenvalue weighted by atomic mass is 9.84. The topological polar surface area (TPSA) is 55.5 Å². The van der Waals surface area contributed by atoms with Gasteiger partial charge < -0.3 is 15.6 Å². The van der Waals surface area contributed by atoms with Crippen LogP contribution in [0.15, 0.2) is 36.4 Å². The van der Waals surface area contributed by atoms with E-state index in [9.17, 15) is 5.11 Å². The highest BCUT2D eigenvalue weighted by atomic mass is 16.5. The third kappa shape index (κ3) is 2.37. The minimum Gasteiger partial charge on any atom is -0.496 e. The molecular formula is C17H21NO2. The molecule has 20 heavy (non-hydrogen) atoms. The summed E-state index contributed by atoms with van der Waals surface area (Å²) in [6, 6.07) is 11.3. The van der Waals surface area contributed by atoms with Crippen LogP contribution < -0.4 is 10.5 Å². The SMILES string of the molecule is COc1cc(C)c(C(C)(O)c2ccccc2N)cc1C. The number of para-hydroxylation sites is 1. The van der Waals surface area contributed by atoms with Crippen LogP contribution in [0, 0.1) is 13.8 Å². The fraction of sp³-hybridized carbons (Fsp3) is 0.294. The van der Waals surface area contributed by atoms with Crippen molar-refractivity contribution in [2.24, 2.45) is 0 Å². The van der Waals surface area contributed by atoms with E-state index in [1.807, 2.05) is 44.2 Å². The van der Waals surface area contributed by atoms with Gasteiger partial charge in [0.1, 0.15) is 11.4 Å². The molecule has 0 spiro atoms. The molecule has 106 valence electrons. The number of hydrogen-bond donors (Lipinski definition) is 2. The van der Waals surface area contributed by atoms with Crippen molar-refractivity contribution in [1.82, 2.24) is 0 Å². The third-order valence-electron chi connectivity index (χ3n) is 3.75. The quantitative estimate of drug-likeness (QED) is 0.843. The van der Waals surface area contributed by atoms with Crippen molar-refractivity contribution in [3.05, 3.63) is 58.7 Å². The lowest BCUT2D eigenvalue weighted by molar-refractivity contribution is 0.102. The molecule has 0 aliphatic carbocycles. The Balaban J connectivity index is 2.61. The van der Waals surface area contributed by atoms with Gasteiger partial charge in [0.15, 0.2) is 0 Å². The molecule has 0 radical (unpaired) electrons. The summed E-state index contributed by atoms with van der Waals surface area (Å²) in [6.07, 6.45) is 0. The Hall–Kier alpha value is -2.00. The summed E-state index contributed by atoms with van der Waals surface area (Å²) < 4.78 is 5.32. The second-order valence-electron chi connectivity index (χ2n) is 5.30. The van der Waals surface area contributed by atoms with Gasteiger partial charge in [0.05, 0.1) is 7.11 Å². The van der Waals surface area contributed by atoms with Gasteiger partial charge in [-0.05, 0) is 55.7 Å². The summed E-state index contributed by atoms with van der Waals surface area (Å²) in [5, 5.41) is 11.0. The Morgan fingerprint density at radius 3 is 2.30 bits per heavy atom. The predicted molar refractivity (Wildman–Crippen MR) is 82.0 cm³/mol. The van der Waals surface area contributed by atoms with Gasteiger partial charge in [0, 0.05) is 11.3 Å². The molecule has 2 rings (SSSR count). The Morgan fingerprint density at radius 2 is 1.70 bits per heavy atom. The second kappa shape index (κ2) is 5.17. The average molecular weight is 271 g/mol. The number of nitrogens with two attached hydrogens (primary N) is 1. The molecular weight excluding hydrogens is 250 g/mol. The number of nitrogen functional groups attached to an aromatic ring is 1. The standard InChI is InChI=1S/C17H21NO2/c1-11-10-16(20-4)12(2)9-14(11)17(3,19)13-7-5-6-8-15(13)18/h5-10,19H,18H2,1-4H3. The molecule has 0 saturated carbocycles. The minimum atomic E-state index is -1.13. The minimum absolute atomic E-state index is 0.588. The molecule has 0 fully saturated rings. The Bertz CT molecular complexity index is 633. The van der Waals surface area contributed by atoms with Crippen molar-refractivity contribution in [1.29, 1.82) is 0 Å². The number of hydrogen-bond acceptors (Lipinski definition) is 3. The number of rotatable bonds is 3. The molecule has 3 N–H and O–H groups in total. The van der Waals surface area contributed by atoms with Gasteiger partial charge in [-0.1, -0.05) is 18.2 Å². The van der Waals surface area contributed by atoms with Crippen LogP contribution in [-0.4, -0.2) is 12.2 Å². The summed E-state index contributed by atoms with van der Waals surface area (Å²) in [4.78, 5) is 0. The highest BCUT2D eigenvalue weighted by Gasteiger charge is 2.29. The maximum absolute atomic E-state index is 11.0.